The lowest BCUT2D eigenvalue weighted by molar-refractivity contribution is 0.223. The van der Waals surface area contributed by atoms with Gasteiger partial charge in [0.05, 0.1) is 5.70 Å². The third-order valence-corrected chi connectivity index (χ3v) is 6.69. The Morgan fingerprint density at radius 1 is 0.875 bits per heavy atom. The number of benzene rings is 3. The fourth-order valence-corrected chi connectivity index (χ4v) is 5.03. The maximum Gasteiger partial charge on any atom is 0.226 e. The topological polar surface area (TPSA) is 52.0 Å². The van der Waals surface area contributed by atoms with Gasteiger partial charge in [-0.1, -0.05) is 71.2 Å². The first-order valence-electron chi connectivity index (χ1n) is 9.98. The molecule has 3 heterocycles. The average Bonchev–Trinajstić information content (AvgIpc) is 3.27. The SMILES string of the molecule is Clc1ccc2c(c1)C1=C([C@H](c3ccccc3Cl)O2)[C@H](c2ccccc2Cl)n2ncnc2N1. The molecular formula is C24H15Cl3N4O. The standard InChI is InChI=1S/C24H15Cl3N4O/c25-13-9-10-19-16(11-13)21-20(23(32-19)15-6-2-4-8-18(15)27)22(14-5-1-3-7-17(14)26)31-24(30-21)28-12-29-31/h1-12,22-23H,(H,28,29,30)/t22-,23-/m0/s1. The van der Waals surface area contributed by atoms with Crippen LogP contribution < -0.4 is 10.1 Å². The summed E-state index contributed by atoms with van der Waals surface area (Å²) in [5.41, 5.74) is 4.39. The zero-order valence-electron chi connectivity index (χ0n) is 16.5. The van der Waals surface area contributed by atoms with E-state index in [1.165, 1.54) is 6.33 Å². The molecule has 0 spiro atoms. The monoisotopic (exact) mass is 480 g/mol. The van der Waals surface area contributed by atoms with Crippen LogP contribution in [-0.2, 0) is 0 Å². The molecule has 8 heteroatoms. The van der Waals surface area contributed by atoms with Gasteiger partial charge in [-0.2, -0.15) is 10.1 Å². The molecule has 0 unspecified atom stereocenters. The van der Waals surface area contributed by atoms with Gasteiger partial charge in [-0.25, -0.2) is 4.68 Å². The number of halogens is 3. The van der Waals surface area contributed by atoms with Crippen molar-refractivity contribution in [2.45, 2.75) is 12.1 Å². The number of nitrogens with zero attached hydrogens (tertiary/aromatic N) is 3. The third-order valence-electron chi connectivity index (χ3n) is 5.76. The molecule has 1 aromatic heterocycles. The van der Waals surface area contributed by atoms with Crippen LogP contribution in [0.2, 0.25) is 15.1 Å². The summed E-state index contributed by atoms with van der Waals surface area (Å²) in [5, 5.41) is 9.80. The summed E-state index contributed by atoms with van der Waals surface area (Å²) in [7, 11) is 0. The minimum absolute atomic E-state index is 0.356. The van der Waals surface area contributed by atoms with Gasteiger partial charge in [0.2, 0.25) is 5.95 Å². The Morgan fingerprint density at radius 3 is 2.34 bits per heavy atom. The van der Waals surface area contributed by atoms with Gasteiger partial charge in [0.25, 0.3) is 0 Å². The van der Waals surface area contributed by atoms with Crippen molar-refractivity contribution in [3.05, 3.63) is 110 Å². The number of nitrogens with one attached hydrogen (secondary N) is 1. The first kappa shape index (κ1) is 19.7. The summed E-state index contributed by atoms with van der Waals surface area (Å²) in [6, 6.07) is 20.6. The molecule has 0 aliphatic carbocycles. The second-order valence-electron chi connectivity index (χ2n) is 7.57. The van der Waals surface area contributed by atoms with E-state index >= 15 is 0 Å². The molecule has 6 rings (SSSR count). The minimum atomic E-state index is -0.474. The zero-order valence-corrected chi connectivity index (χ0v) is 18.7. The van der Waals surface area contributed by atoms with E-state index in [4.69, 9.17) is 39.5 Å². The van der Waals surface area contributed by atoms with Gasteiger partial charge >= 0.3 is 0 Å². The molecule has 158 valence electrons. The van der Waals surface area contributed by atoms with Gasteiger partial charge in [-0.3, -0.25) is 0 Å². The summed E-state index contributed by atoms with van der Waals surface area (Å²) in [6.45, 7) is 0. The molecule has 0 bridgehead atoms. The maximum absolute atomic E-state index is 6.68. The molecule has 4 aromatic rings. The molecule has 2 aliphatic rings. The van der Waals surface area contributed by atoms with Crippen molar-refractivity contribution in [2.75, 3.05) is 5.32 Å². The number of fused-ring (bicyclic) bond motifs is 3. The van der Waals surface area contributed by atoms with E-state index in [0.29, 0.717) is 26.8 Å². The van der Waals surface area contributed by atoms with Crippen molar-refractivity contribution in [2.24, 2.45) is 0 Å². The molecule has 1 N–H and O–H groups in total. The van der Waals surface area contributed by atoms with Gasteiger partial charge in [0.15, 0.2) is 6.10 Å². The predicted octanol–water partition coefficient (Wildman–Crippen LogP) is 6.80. The highest BCUT2D eigenvalue weighted by Crippen LogP contribution is 2.52. The Balaban J connectivity index is 1.68. The molecule has 0 saturated carbocycles. The maximum atomic E-state index is 6.68. The van der Waals surface area contributed by atoms with Crippen molar-refractivity contribution in [3.63, 3.8) is 0 Å². The highest BCUT2D eigenvalue weighted by atomic mass is 35.5. The molecule has 32 heavy (non-hydrogen) atoms. The summed E-state index contributed by atoms with van der Waals surface area (Å²) in [4.78, 5) is 4.43. The highest BCUT2D eigenvalue weighted by Gasteiger charge is 2.42. The van der Waals surface area contributed by atoms with Crippen LogP contribution in [0.5, 0.6) is 5.75 Å². The van der Waals surface area contributed by atoms with Crippen molar-refractivity contribution in [1.29, 1.82) is 0 Å². The fourth-order valence-electron chi connectivity index (χ4n) is 4.38. The van der Waals surface area contributed by atoms with E-state index in [1.807, 2.05) is 71.4 Å². The molecule has 0 fully saturated rings. The Hall–Kier alpha value is -2.99. The van der Waals surface area contributed by atoms with E-state index in [2.05, 4.69) is 15.4 Å². The average molecular weight is 482 g/mol. The quantitative estimate of drug-likeness (QED) is 0.342. The predicted molar refractivity (Wildman–Crippen MR) is 126 cm³/mol. The smallest absolute Gasteiger partial charge is 0.226 e. The number of rotatable bonds is 2. The lowest BCUT2D eigenvalue weighted by Crippen LogP contribution is -2.32. The van der Waals surface area contributed by atoms with Crippen LogP contribution in [0.4, 0.5) is 5.95 Å². The van der Waals surface area contributed by atoms with Gasteiger partial charge in [0.1, 0.15) is 18.1 Å². The molecule has 0 radical (unpaired) electrons. The van der Waals surface area contributed by atoms with Crippen LogP contribution >= 0.6 is 34.8 Å². The summed E-state index contributed by atoms with van der Waals surface area (Å²) >= 11 is 19.7. The summed E-state index contributed by atoms with van der Waals surface area (Å²) < 4.78 is 8.38. The van der Waals surface area contributed by atoms with E-state index in [9.17, 15) is 0 Å². The molecule has 0 saturated heterocycles. The Bertz CT molecular complexity index is 1400. The Labute approximate surface area is 199 Å². The van der Waals surface area contributed by atoms with Gasteiger partial charge in [-0.15, -0.1) is 0 Å². The molecule has 0 amide bonds. The summed E-state index contributed by atoms with van der Waals surface area (Å²) in [5.74, 6) is 1.32. The van der Waals surface area contributed by atoms with E-state index < -0.39 is 6.10 Å². The Morgan fingerprint density at radius 2 is 1.59 bits per heavy atom. The first-order valence-corrected chi connectivity index (χ1v) is 11.1. The van der Waals surface area contributed by atoms with Gasteiger partial charge in [0, 0.05) is 31.8 Å². The third kappa shape index (κ3) is 3.00. The number of hydrogen-bond donors (Lipinski definition) is 1. The van der Waals surface area contributed by atoms with E-state index in [-0.39, 0.29) is 6.04 Å². The Kier molecular flexibility index (Phi) is 4.65. The number of ether oxygens (including phenoxy) is 1. The zero-order chi connectivity index (χ0) is 21.8. The fraction of sp³-hybridized carbons (Fsp3) is 0.0833. The highest BCUT2D eigenvalue weighted by molar-refractivity contribution is 6.32. The second-order valence-corrected chi connectivity index (χ2v) is 8.82. The summed E-state index contributed by atoms with van der Waals surface area (Å²) in [6.07, 6.45) is 1.05. The van der Waals surface area contributed by atoms with E-state index in [0.717, 1.165) is 28.0 Å². The largest absolute Gasteiger partial charge is 0.480 e. The van der Waals surface area contributed by atoms with Crippen molar-refractivity contribution < 1.29 is 4.74 Å². The van der Waals surface area contributed by atoms with Crippen LogP contribution in [-0.4, -0.2) is 14.8 Å². The number of anilines is 1. The van der Waals surface area contributed by atoms with Gasteiger partial charge in [-0.05, 0) is 35.9 Å². The molecular weight excluding hydrogens is 467 g/mol. The molecule has 5 nitrogen and oxygen atoms in total. The minimum Gasteiger partial charge on any atom is -0.480 e. The molecule has 2 atom stereocenters. The van der Waals surface area contributed by atoms with Crippen molar-refractivity contribution >= 4 is 46.4 Å². The number of aromatic nitrogens is 3. The van der Waals surface area contributed by atoms with Crippen molar-refractivity contribution in [1.82, 2.24) is 14.8 Å². The van der Waals surface area contributed by atoms with Crippen LogP contribution in [0.25, 0.3) is 5.70 Å². The molecule has 2 aliphatic heterocycles. The second kappa shape index (κ2) is 7.55. The van der Waals surface area contributed by atoms with Crippen LogP contribution in [0.3, 0.4) is 0 Å². The van der Waals surface area contributed by atoms with Gasteiger partial charge < -0.3 is 10.1 Å². The van der Waals surface area contributed by atoms with Crippen LogP contribution in [0.15, 0.2) is 78.6 Å². The first-order chi connectivity index (χ1) is 15.6. The lowest BCUT2D eigenvalue weighted by Gasteiger charge is -2.39. The van der Waals surface area contributed by atoms with Crippen molar-refractivity contribution in [3.8, 4) is 5.75 Å². The van der Waals surface area contributed by atoms with E-state index in [1.54, 1.807) is 0 Å². The number of hydrogen-bond acceptors (Lipinski definition) is 4. The van der Waals surface area contributed by atoms with Crippen LogP contribution in [0, 0.1) is 0 Å². The molecule has 3 aromatic carbocycles. The normalized spacial score (nSPS) is 18.8. The lowest BCUT2D eigenvalue weighted by atomic mass is 9.84. The van der Waals surface area contributed by atoms with Crippen LogP contribution in [0.1, 0.15) is 28.8 Å².